The zero-order valence-electron chi connectivity index (χ0n) is 21.7. The topological polar surface area (TPSA) is 41.6 Å². The lowest BCUT2D eigenvalue weighted by atomic mass is 9.52. The van der Waals surface area contributed by atoms with Crippen molar-refractivity contribution in [3.05, 3.63) is 11.1 Å². The maximum absolute atomic E-state index is 12.2. The predicted molar refractivity (Wildman–Crippen MR) is 132 cm³/mol. The van der Waals surface area contributed by atoms with E-state index < -0.39 is 0 Å². The highest BCUT2D eigenvalue weighted by Gasteiger charge is 2.61. The van der Waals surface area contributed by atoms with Crippen molar-refractivity contribution in [2.75, 3.05) is 20.6 Å². The molecule has 33 heavy (non-hydrogen) atoms. The zero-order valence-corrected chi connectivity index (χ0v) is 21.7. The average Bonchev–Trinajstić information content (AvgIpc) is 3.26. The molecule has 6 aliphatic rings. The van der Waals surface area contributed by atoms with Gasteiger partial charge in [0.25, 0.3) is 0 Å². The molecule has 0 aromatic rings. The van der Waals surface area contributed by atoms with Crippen LogP contribution >= 0.6 is 0 Å². The number of nitrogens with one attached hydrogen (secondary N) is 1. The predicted octanol–water partition coefficient (Wildman–Crippen LogP) is 5.32. The molecule has 0 aromatic heterocycles. The van der Waals surface area contributed by atoms with Gasteiger partial charge in [0.2, 0.25) is 0 Å². The van der Waals surface area contributed by atoms with Gasteiger partial charge in [-0.2, -0.15) is 0 Å². The number of hydrogen-bond donors (Lipinski definition) is 1. The van der Waals surface area contributed by atoms with Crippen molar-refractivity contribution in [2.24, 2.45) is 35.0 Å². The van der Waals surface area contributed by atoms with E-state index >= 15 is 0 Å². The Morgan fingerprint density at radius 3 is 2.76 bits per heavy atom. The van der Waals surface area contributed by atoms with Crippen LogP contribution in [0.3, 0.4) is 0 Å². The van der Waals surface area contributed by atoms with Crippen LogP contribution in [0.2, 0.25) is 0 Å². The molecule has 3 saturated carbocycles. The Kier molecular flexibility index (Phi) is 5.27. The number of carbonyl (C=O) groups excluding carboxylic acids is 1. The first-order valence-corrected chi connectivity index (χ1v) is 14.0. The fourth-order valence-electron chi connectivity index (χ4n) is 10.2. The molecule has 0 radical (unpaired) electrons. The molecule has 2 aliphatic heterocycles. The smallest absolute Gasteiger partial charge is 0.133 e. The fraction of sp³-hybridized carbons (Fsp3) is 0.897. The van der Waals surface area contributed by atoms with Crippen LogP contribution in [-0.4, -0.2) is 48.7 Å². The van der Waals surface area contributed by atoms with E-state index in [1.165, 1.54) is 38.5 Å². The Hall–Kier alpha value is -0.710. The number of likely N-dealkylation sites (tertiary alicyclic amines) is 1. The van der Waals surface area contributed by atoms with E-state index in [2.05, 4.69) is 45.1 Å². The Balaban J connectivity index is 1.28. The fourth-order valence-corrected chi connectivity index (χ4v) is 10.2. The Morgan fingerprint density at radius 1 is 1.15 bits per heavy atom. The van der Waals surface area contributed by atoms with Crippen LogP contribution in [0.1, 0.15) is 91.4 Å². The normalized spacial score (nSPS) is 52.3. The number of Topliss-reactive ketones (excluding diaryl/α,β-unsaturated/α-hetero) is 1. The summed E-state index contributed by atoms with van der Waals surface area (Å²) in [6.07, 6.45) is 13.0. The van der Waals surface area contributed by atoms with Crippen LogP contribution in [0.15, 0.2) is 11.1 Å². The van der Waals surface area contributed by atoms with Crippen molar-refractivity contribution < 1.29 is 9.53 Å². The van der Waals surface area contributed by atoms with Crippen molar-refractivity contribution in [1.29, 1.82) is 0 Å². The number of carbonyl (C=O) groups is 1. The lowest BCUT2D eigenvalue weighted by Crippen LogP contribution is -2.65. The molecule has 2 saturated heterocycles. The van der Waals surface area contributed by atoms with E-state index in [9.17, 15) is 4.79 Å². The number of piperidine rings is 1. The van der Waals surface area contributed by atoms with E-state index in [0.717, 1.165) is 56.4 Å². The van der Waals surface area contributed by atoms with Crippen LogP contribution in [0.25, 0.3) is 0 Å². The summed E-state index contributed by atoms with van der Waals surface area (Å²) >= 11 is 0. The van der Waals surface area contributed by atoms with Gasteiger partial charge in [0.1, 0.15) is 11.4 Å². The summed E-state index contributed by atoms with van der Waals surface area (Å²) in [6.45, 7) is 8.54. The SMILES string of the molecule is CNC12CC3(CCC4C(=C(C)C3)CC3C4CCC4CC(=O)CCC43C)OC1CC(C)CN2C. The number of allylic oxidation sites excluding steroid dienone is 1. The summed E-state index contributed by atoms with van der Waals surface area (Å²) < 4.78 is 7.12. The highest BCUT2D eigenvalue weighted by Crippen LogP contribution is 2.65. The molecule has 1 spiro atoms. The number of fused-ring (bicyclic) bond motifs is 6. The number of likely N-dealkylation sites (N-methyl/N-ethyl adjacent to an activating group) is 2. The van der Waals surface area contributed by atoms with E-state index in [0.29, 0.717) is 29.1 Å². The maximum Gasteiger partial charge on any atom is 0.133 e. The summed E-state index contributed by atoms with van der Waals surface area (Å²) in [6, 6.07) is 0. The molecule has 0 aromatic carbocycles. The minimum absolute atomic E-state index is 0.000383. The number of hydrogen-bond acceptors (Lipinski definition) is 4. The lowest BCUT2D eigenvalue weighted by molar-refractivity contribution is -0.129. The molecule has 9 atom stereocenters. The number of ether oxygens (including phenoxy) is 1. The van der Waals surface area contributed by atoms with Gasteiger partial charge in [0.05, 0.1) is 11.7 Å². The van der Waals surface area contributed by atoms with Gasteiger partial charge in [-0.15, -0.1) is 0 Å². The zero-order chi connectivity index (χ0) is 23.2. The van der Waals surface area contributed by atoms with Crippen LogP contribution in [0, 0.1) is 35.0 Å². The van der Waals surface area contributed by atoms with Crippen molar-refractivity contribution in [2.45, 2.75) is 109 Å². The molecule has 6 rings (SSSR count). The standard InChI is InChI=1S/C29H46N2O2/c1-18-12-26-29(30-4,31(5)16-18)17-28(33-26)11-9-22-23-7-6-20-13-21(32)8-10-27(20,3)25(23)14-24(22)19(2)15-28/h18,20,22-23,25-26,30H,6-17H2,1-5H3. The van der Waals surface area contributed by atoms with Gasteiger partial charge in [0, 0.05) is 25.8 Å². The quantitative estimate of drug-likeness (QED) is 0.544. The minimum Gasteiger partial charge on any atom is -0.368 e. The molecule has 4 heteroatoms. The third-order valence-corrected chi connectivity index (χ3v) is 11.8. The molecule has 0 amide bonds. The van der Waals surface area contributed by atoms with E-state index in [4.69, 9.17) is 4.74 Å². The molecule has 5 fully saturated rings. The van der Waals surface area contributed by atoms with E-state index in [1.807, 2.05) is 0 Å². The molecule has 184 valence electrons. The van der Waals surface area contributed by atoms with Gasteiger partial charge in [-0.05, 0) is 107 Å². The summed E-state index contributed by atoms with van der Waals surface area (Å²) in [5.41, 5.74) is 3.85. The van der Waals surface area contributed by atoms with Crippen molar-refractivity contribution >= 4 is 5.78 Å². The van der Waals surface area contributed by atoms with Gasteiger partial charge in [-0.3, -0.25) is 15.0 Å². The third kappa shape index (κ3) is 3.22. The molecule has 9 unspecified atom stereocenters. The summed E-state index contributed by atoms with van der Waals surface area (Å²) in [5, 5.41) is 3.75. The van der Waals surface area contributed by atoms with E-state index in [1.54, 1.807) is 11.1 Å². The molecule has 2 heterocycles. The van der Waals surface area contributed by atoms with Crippen molar-refractivity contribution in [1.82, 2.24) is 10.2 Å². The minimum atomic E-state index is -0.000383. The first kappa shape index (κ1) is 22.7. The average molecular weight is 455 g/mol. The van der Waals surface area contributed by atoms with Gasteiger partial charge in [-0.25, -0.2) is 0 Å². The van der Waals surface area contributed by atoms with Gasteiger partial charge >= 0.3 is 0 Å². The van der Waals surface area contributed by atoms with Crippen LogP contribution in [0.4, 0.5) is 0 Å². The highest BCUT2D eigenvalue weighted by atomic mass is 16.5. The van der Waals surface area contributed by atoms with E-state index in [-0.39, 0.29) is 11.3 Å². The second-order valence-corrected chi connectivity index (χ2v) is 13.5. The first-order chi connectivity index (χ1) is 15.7. The van der Waals surface area contributed by atoms with Crippen molar-refractivity contribution in [3.8, 4) is 0 Å². The molecular formula is C29H46N2O2. The number of rotatable bonds is 1. The number of ketones is 1. The van der Waals surface area contributed by atoms with Gasteiger partial charge < -0.3 is 4.74 Å². The molecule has 4 nitrogen and oxygen atoms in total. The second kappa shape index (κ2) is 7.64. The Morgan fingerprint density at radius 2 is 1.97 bits per heavy atom. The molecule has 4 aliphatic carbocycles. The third-order valence-electron chi connectivity index (χ3n) is 11.8. The Bertz CT molecular complexity index is 868. The molecular weight excluding hydrogens is 408 g/mol. The van der Waals surface area contributed by atoms with Crippen LogP contribution < -0.4 is 5.32 Å². The number of nitrogens with zero attached hydrogens (tertiary/aromatic N) is 1. The first-order valence-electron chi connectivity index (χ1n) is 14.0. The second-order valence-electron chi connectivity index (χ2n) is 13.5. The van der Waals surface area contributed by atoms with Gasteiger partial charge in [-0.1, -0.05) is 25.0 Å². The van der Waals surface area contributed by atoms with Crippen molar-refractivity contribution in [3.63, 3.8) is 0 Å². The monoisotopic (exact) mass is 454 g/mol. The van der Waals surface area contributed by atoms with Gasteiger partial charge in [0.15, 0.2) is 0 Å². The van der Waals surface area contributed by atoms with Crippen LogP contribution in [0.5, 0.6) is 0 Å². The Labute approximate surface area is 201 Å². The molecule has 1 N–H and O–H groups in total. The summed E-state index contributed by atoms with van der Waals surface area (Å²) in [5.74, 6) is 4.26. The maximum atomic E-state index is 12.2. The summed E-state index contributed by atoms with van der Waals surface area (Å²) in [4.78, 5) is 14.8. The van der Waals surface area contributed by atoms with Crippen LogP contribution in [-0.2, 0) is 9.53 Å². The summed E-state index contributed by atoms with van der Waals surface area (Å²) in [7, 11) is 4.45. The highest BCUT2D eigenvalue weighted by molar-refractivity contribution is 5.79. The lowest BCUT2D eigenvalue weighted by Gasteiger charge is -2.52. The molecule has 0 bridgehead atoms. The largest absolute Gasteiger partial charge is 0.368 e.